The van der Waals surface area contributed by atoms with Crippen LogP contribution in [0.15, 0.2) is 52.9 Å². The summed E-state index contributed by atoms with van der Waals surface area (Å²) in [7, 11) is 1.41. The fourth-order valence-electron chi connectivity index (χ4n) is 2.06. The van der Waals surface area contributed by atoms with Crippen molar-refractivity contribution in [1.29, 1.82) is 0 Å². The van der Waals surface area contributed by atoms with E-state index in [2.05, 4.69) is 10.2 Å². The predicted octanol–water partition coefficient (Wildman–Crippen LogP) is 3.14. The van der Waals surface area contributed by atoms with Gasteiger partial charge in [-0.05, 0) is 30.3 Å². The first kappa shape index (κ1) is 14.6. The van der Waals surface area contributed by atoms with E-state index in [1.165, 1.54) is 19.2 Å². The van der Waals surface area contributed by atoms with Gasteiger partial charge in [-0.15, -0.1) is 10.2 Å². The molecule has 2 aromatic carbocycles. The summed E-state index contributed by atoms with van der Waals surface area (Å²) in [5.41, 5.74) is 1.86. The maximum absolute atomic E-state index is 11.2. The normalized spacial score (nSPS) is 10.5. The van der Waals surface area contributed by atoms with E-state index in [4.69, 9.17) is 9.52 Å². The van der Waals surface area contributed by atoms with Gasteiger partial charge in [0.2, 0.25) is 11.8 Å². The van der Waals surface area contributed by atoms with Gasteiger partial charge in [-0.1, -0.05) is 6.07 Å². The third kappa shape index (κ3) is 2.98. The number of aromatic carboxylic acids is 1. The Hall–Kier alpha value is -3.35. The molecule has 0 aliphatic heterocycles. The number of nitrogens with zero attached hydrogens (tertiary/aromatic N) is 3. The first-order chi connectivity index (χ1) is 11.0. The molecule has 7 heteroatoms. The average Bonchev–Trinajstić information content (AvgIpc) is 3.05. The van der Waals surface area contributed by atoms with E-state index in [0.717, 1.165) is 4.76 Å². The van der Waals surface area contributed by atoms with E-state index in [1.807, 2.05) is 0 Å². The first-order valence-corrected chi connectivity index (χ1v) is 6.73. The second-order valence-corrected chi connectivity index (χ2v) is 4.84. The standard InChI is InChI=1S/C16H11N3O4/c1-19(22)13-7-5-10(6-8-13)14-17-18-15(23-14)11-3-2-4-12(9-11)16(20)21/h2-9H,1H3/p+1. The summed E-state index contributed by atoms with van der Waals surface area (Å²) in [6.07, 6.45) is 0. The van der Waals surface area contributed by atoms with E-state index in [0.29, 0.717) is 22.7 Å². The fourth-order valence-corrected chi connectivity index (χ4v) is 2.06. The van der Waals surface area contributed by atoms with Gasteiger partial charge in [0.05, 0.1) is 5.56 Å². The monoisotopic (exact) mass is 310 g/mol. The number of carboxylic acid groups (broad SMARTS) is 1. The molecule has 3 aromatic rings. The van der Waals surface area contributed by atoms with Crippen LogP contribution in [-0.4, -0.2) is 33.1 Å². The molecule has 0 radical (unpaired) electrons. The van der Waals surface area contributed by atoms with Crippen LogP contribution in [-0.2, 0) is 0 Å². The lowest BCUT2D eigenvalue weighted by Crippen LogP contribution is -1.95. The quantitative estimate of drug-likeness (QED) is 0.744. The molecule has 7 nitrogen and oxygen atoms in total. The van der Waals surface area contributed by atoms with Crippen LogP contribution in [0.25, 0.3) is 22.9 Å². The highest BCUT2D eigenvalue weighted by Gasteiger charge is 2.13. The Labute approximate surface area is 130 Å². The summed E-state index contributed by atoms with van der Waals surface area (Å²) in [4.78, 5) is 22.2. The number of hydrogen-bond donors (Lipinski definition) is 1. The lowest BCUT2D eigenvalue weighted by Gasteiger charge is -1.97. The number of benzene rings is 2. The van der Waals surface area contributed by atoms with Crippen molar-refractivity contribution in [3.63, 3.8) is 0 Å². The minimum absolute atomic E-state index is 0.144. The Bertz CT molecular complexity index is 884. The summed E-state index contributed by atoms with van der Waals surface area (Å²) >= 11 is 0. The number of aromatic nitrogens is 2. The zero-order chi connectivity index (χ0) is 16.4. The second kappa shape index (κ2) is 5.80. The average molecular weight is 310 g/mol. The molecule has 0 aliphatic carbocycles. The topological polar surface area (TPSA) is 96.3 Å². The summed E-state index contributed by atoms with van der Waals surface area (Å²) in [6, 6.07) is 13.0. The molecule has 0 atom stereocenters. The van der Waals surface area contributed by atoms with Crippen molar-refractivity contribution >= 4 is 11.7 Å². The summed E-state index contributed by atoms with van der Waals surface area (Å²) < 4.78 is 6.33. The number of rotatable bonds is 4. The van der Waals surface area contributed by atoms with Crippen LogP contribution in [0.4, 0.5) is 5.69 Å². The minimum Gasteiger partial charge on any atom is -0.478 e. The van der Waals surface area contributed by atoms with Crippen LogP contribution >= 0.6 is 0 Å². The number of hydrogen-bond acceptors (Lipinski definition) is 5. The van der Waals surface area contributed by atoms with Crippen LogP contribution in [0.3, 0.4) is 0 Å². The van der Waals surface area contributed by atoms with Crippen molar-refractivity contribution in [2.75, 3.05) is 7.05 Å². The molecule has 0 spiro atoms. The predicted molar refractivity (Wildman–Crippen MR) is 81.3 cm³/mol. The summed E-state index contributed by atoms with van der Waals surface area (Å²) in [6.45, 7) is 0. The highest BCUT2D eigenvalue weighted by Crippen LogP contribution is 2.25. The maximum atomic E-state index is 11.2. The van der Waals surface area contributed by atoms with Crippen molar-refractivity contribution in [3.05, 3.63) is 59.0 Å². The Morgan fingerprint density at radius 1 is 1.04 bits per heavy atom. The molecule has 0 amide bonds. The van der Waals surface area contributed by atoms with Crippen molar-refractivity contribution in [2.45, 2.75) is 0 Å². The summed E-state index contributed by atoms with van der Waals surface area (Å²) in [5, 5.41) is 16.9. The molecule has 0 unspecified atom stereocenters. The molecular formula is C16H12N3O4+. The molecule has 0 bridgehead atoms. The van der Waals surface area contributed by atoms with Gasteiger partial charge in [-0.3, -0.25) is 0 Å². The molecule has 114 valence electrons. The zero-order valence-corrected chi connectivity index (χ0v) is 12.1. The van der Waals surface area contributed by atoms with Crippen molar-refractivity contribution in [2.24, 2.45) is 0 Å². The molecule has 0 saturated carbocycles. The number of carboxylic acids is 1. The number of nitroso groups, excluding NO2 is 1. The van der Waals surface area contributed by atoms with Gasteiger partial charge in [0.15, 0.2) is 7.05 Å². The van der Waals surface area contributed by atoms with E-state index in [1.54, 1.807) is 36.4 Å². The lowest BCUT2D eigenvalue weighted by molar-refractivity contribution is -0.428. The third-order valence-electron chi connectivity index (χ3n) is 3.26. The van der Waals surface area contributed by atoms with Crippen LogP contribution in [0.5, 0.6) is 0 Å². The Kier molecular flexibility index (Phi) is 3.68. The van der Waals surface area contributed by atoms with Crippen LogP contribution in [0, 0.1) is 4.91 Å². The Balaban J connectivity index is 1.92. The van der Waals surface area contributed by atoms with E-state index in [-0.39, 0.29) is 11.5 Å². The SMILES string of the molecule is C[N+](=O)c1ccc(-c2nnc(-c3cccc(C(=O)O)c3)o2)cc1. The van der Waals surface area contributed by atoms with Crippen LogP contribution in [0.2, 0.25) is 0 Å². The van der Waals surface area contributed by atoms with E-state index in [9.17, 15) is 9.70 Å². The van der Waals surface area contributed by atoms with Gasteiger partial charge in [0.25, 0.3) is 5.69 Å². The van der Waals surface area contributed by atoms with Crippen molar-refractivity contribution in [3.8, 4) is 22.9 Å². The molecule has 1 aromatic heterocycles. The highest BCUT2D eigenvalue weighted by atomic mass is 16.4. The van der Waals surface area contributed by atoms with Crippen molar-refractivity contribution in [1.82, 2.24) is 10.2 Å². The fraction of sp³-hybridized carbons (Fsp3) is 0.0625. The third-order valence-corrected chi connectivity index (χ3v) is 3.26. The van der Waals surface area contributed by atoms with Crippen molar-refractivity contribution < 1.29 is 19.1 Å². The molecule has 1 N–H and O–H groups in total. The molecule has 0 aliphatic rings. The van der Waals surface area contributed by atoms with Gasteiger partial charge < -0.3 is 9.52 Å². The Morgan fingerprint density at radius 3 is 2.30 bits per heavy atom. The molecule has 3 rings (SSSR count). The molecule has 23 heavy (non-hydrogen) atoms. The molecular weight excluding hydrogens is 298 g/mol. The zero-order valence-electron chi connectivity index (χ0n) is 12.1. The van der Waals surface area contributed by atoms with Gasteiger partial charge >= 0.3 is 5.97 Å². The second-order valence-electron chi connectivity index (χ2n) is 4.84. The van der Waals surface area contributed by atoms with Crippen LogP contribution < -0.4 is 0 Å². The van der Waals surface area contributed by atoms with E-state index >= 15 is 0 Å². The summed E-state index contributed by atoms with van der Waals surface area (Å²) in [5.74, 6) is -0.502. The van der Waals surface area contributed by atoms with E-state index < -0.39 is 5.97 Å². The highest BCUT2D eigenvalue weighted by molar-refractivity contribution is 5.88. The van der Waals surface area contributed by atoms with Crippen LogP contribution in [0.1, 0.15) is 10.4 Å². The molecule has 1 heterocycles. The maximum Gasteiger partial charge on any atom is 0.335 e. The number of carbonyl (C=O) groups is 1. The largest absolute Gasteiger partial charge is 0.478 e. The van der Waals surface area contributed by atoms with Gasteiger partial charge in [-0.2, -0.15) is 0 Å². The smallest absolute Gasteiger partial charge is 0.335 e. The first-order valence-electron chi connectivity index (χ1n) is 6.73. The van der Waals surface area contributed by atoms with Gasteiger partial charge in [-0.25, -0.2) is 4.79 Å². The Morgan fingerprint density at radius 2 is 1.70 bits per heavy atom. The minimum atomic E-state index is -1.02. The molecule has 0 fully saturated rings. The van der Waals surface area contributed by atoms with Gasteiger partial charge in [0.1, 0.15) is 0 Å². The molecule has 0 saturated heterocycles. The van der Waals surface area contributed by atoms with Gasteiger partial charge in [0, 0.05) is 32.9 Å². The lowest BCUT2D eigenvalue weighted by atomic mass is 10.1.